The molecule has 0 spiro atoms. The first-order valence-corrected chi connectivity index (χ1v) is 9.98. The SMILES string of the molecule is CNC(=O)C1(NC(=O)c2ccc(OC)cc2)CCN(C(=O)Cc2ccccc2)CC1. The molecule has 0 radical (unpaired) electrons. The highest BCUT2D eigenvalue weighted by atomic mass is 16.5. The summed E-state index contributed by atoms with van der Waals surface area (Å²) >= 11 is 0. The van der Waals surface area contributed by atoms with Crippen molar-refractivity contribution in [1.29, 1.82) is 0 Å². The van der Waals surface area contributed by atoms with E-state index in [-0.39, 0.29) is 17.7 Å². The second-order valence-electron chi connectivity index (χ2n) is 7.39. The first kappa shape index (κ1) is 21.4. The van der Waals surface area contributed by atoms with Crippen molar-refractivity contribution in [3.05, 3.63) is 65.7 Å². The van der Waals surface area contributed by atoms with Gasteiger partial charge < -0.3 is 20.3 Å². The Bertz CT molecular complexity index is 888. The lowest BCUT2D eigenvalue weighted by molar-refractivity contribution is -0.136. The number of piperidine rings is 1. The van der Waals surface area contributed by atoms with Crippen LogP contribution in [0, 0.1) is 0 Å². The monoisotopic (exact) mass is 409 g/mol. The minimum absolute atomic E-state index is 0.0215. The summed E-state index contributed by atoms with van der Waals surface area (Å²) in [6, 6.07) is 16.3. The molecule has 2 aromatic carbocycles. The fourth-order valence-electron chi connectivity index (χ4n) is 3.70. The molecule has 7 heteroatoms. The number of ether oxygens (including phenoxy) is 1. The van der Waals surface area contributed by atoms with E-state index in [1.165, 1.54) is 0 Å². The Balaban J connectivity index is 1.67. The number of carbonyl (C=O) groups excluding carboxylic acids is 3. The van der Waals surface area contributed by atoms with E-state index in [4.69, 9.17) is 4.74 Å². The van der Waals surface area contributed by atoms with Gasteiger partial charge in [0.1, 0.15) is 11.3 Å². The number of nitrogens with zero attached hydrogens (tertiary/aromatic N) is 1. The highest BCUT2D eigenvalue weighted by Gasteiger charge is 2.43. The number of amides is 3. The number of methoxy groups -OCH3 is 1. The summed E-state index contributed by atoms with van der Waals surface area (Å²) in [5.74, 6) is 0.0934. The minimum Gasteiger partial charge on any atom is -0.497 e. The average molecular weight is 409 g/mol. The summed E-state index contributed by atoms with van der Waals surface area (Å²) in [6.45, 7) is 0.809. The van der Waals surface area contributed by atoms with E-state index < -0.39 is 5.54 Å². The zero-order chi connectivity index (χ0) is 21.6. The highest BCUT2D eigenvalue weighted by Crippen LogP contribution is 2.24. The van der Waals surface area contributed by atoms with Crippen molar-refractivity contribution in [1.82, 2.24) is 15.5 Å². The van der Waals surface area contributed by atoms with Gasteiger partial charge in [-0.25, -0.2) is 0 Å². The van der Waals surface area contributed by atoms with Crippen LogP contribution in [0.5, 0.6) is 5.75 Å². The van der Waals surface area contributed by atoms with E-state index in [2.05, 4.69) is 10.6 Å². The van der Waals surface area contributed by atoms with Gasteiger partial charge >= 0.3 is 0 Å². The van der Waals surface area contributed by atoms with E-state index in [0.29, 0.717) is 43.7 Å². The molecule has 1 aliphatic heterocycles. The molecule has 0 saturated carbocycles. The van der Waals surface area contributed by atoms with Crippen molar-refractivity contribution in [3.8, 4) is 5.75 Å². The van der Waals surface area contributed by atoms with Gasteiger partial charge in [0.25, 0.3) is 5.91 Å². The molecule has 0 atom stereocenters. The van der Waals surface area contributed by atoms with Gasteiger partial charge in [0, 0.05) is 25.7 Å². The van der Waals surface area contributed by atoms with Crippen molar-refractivity contribution in [2.45, 2.75) is 24.8 Å². The zero-order valence-electron chi connectivity index (χ0n) is 17.3. The molecule has 1 fully saturated rings. The number of carbonyl (C=O) groups is 3. The third kappa shape index (κ3) is 4.79. The summed E-state index contributed by atoms with van der Waals surface area (Å²) in [7, 11) is 3.11. The van der Waals surface area contributed by atoms with Crippen LogP contribution in [0.2, 0.25) is 0 Å². The molecule has 0 aromatic heterocycles. The van der Waals surface area contributed by atoms with Gasteiger partial charge in [-0.3, -0.25) is 14.4 Å². The predicted molar refractivity (Wildman–Crippen MR) is 113 cm³/mol. The highest BCUT2D eigenvalue weighted by molar-refractivity contribution is 5.99. The summed E-state index contributed by atoms with van der Waals surface area (Å²) in [5, 5.41) is 5.57. The Labute approximate surface area is 176 Å². The molecule has 0 bridgehead atoms. The maximum atomic E-state index is 12.8. The van der Waals surface area contributed by atoms with Gasteiger partial charge in [-0.05, 0) is 42.7 Å². The molecule has 3 rings (SSSR count). The van der Waals surface area contributed by atoms with E-state index in [1.54, 1.807) is 43.3 Å². The lowest BCUT2D eigenvalue weighted by Crippen LogP contribution is -2.63. The van der Waals surface area contributed by atoms with Crippen LogP contribution in [0.1, 0.15) is 28.8 Å². The van der Waals surface area contributed by atoms with Crippen LogP contribution in [-0.4, -0.2) is 55.4 Å². The second-order valence-corrected chi connectivity index (χ2v) is 7.39. The van der Waals surface area contributed by atoms with Crippen molar-refractivity contribution in [3.63, 3.8) is 0 Å². The Morgan fingerprint density at radius 2 is 1.63 bits per heavy atom. The third-order valence-electron chi connectivity index (χ3n) is 5.53. The largest absolute Gasteiger partial charge is 0.497 e. The van der Waals surface area contributed by atoms with E-state index in [0.717, 1.165) is 5.56 Å². The quantitative estimate of drug-likeness (QED) is 0.761. The summed E-state index contributed by atoms with van der Waals surface area (Å²) < 4.78 is 5.12. The smallest absolute Gasteiger partial charge is 0.252 e. The van der Waals surface area contributed by atoms with Gasteiger partial charge in [-0.1, -0.05) is 30.3 Å². The van der Waals surface area contributed by atoms with Crippen molar-refractivity contribution >= 4 is 17.7 Å². The van der Waals surface area contributed by atoms with Crippen molar-refractivity contribution in [2.75, 3.05) is 27.2 Å². The molecule has 1 aliphatic rings. The number of hydrogen-bond acceptors (Lipinski definition) is 4. The lowest BCUT2D eigenvalue weighted by Gasteiger charge is -2.41. The molecule has 3 amide bonds. The van der Waals surface area contributed by atoms with Gasteiger partial charge in [0.15, 0.2) is 0 Å². The molecule has 30 heavy (non-hydrogen) atoms. The Morgan fingerprint density at radius 1 is 1.00 bits per heavy atom. The maximum absolute atomic E-state index is 12.8. The fraction of sp³-hybridized carbons (Fsp3) is 0.348. The fourth-order valence-corrected chi connectivity index (χ4v) is 3.70. The van der Waals surface area contributed by atoms with Crippen LogP contribution in [0.4, 0.5) is 0 Å². The summed E-state index contributed by atoms with van der Waals surface area (Å²) in [4.78, 5) is 39.9. The number of nitrogens with one attached hydrogen (secondary N) is 2. The topological polar surface area (TPSA) is 87.7 Å². The maximum Gasteiger partial charge on any atom is 0.252 e. The molecule has 0 unspecified atom stereocenters. The Kier molecular flexibility index (Phi) is 6.72. The minimum atomic E-state index is -1.05. The second kappa shape index (κ2) is 9.43. The molecule has 158 valence electrons. The van der Waals surface area contributed by atoms with Crippen molar-refractivity contribution < 1.29 is 19.1 Å². The Hall–Kier alpha value is -3.35. The van der Waals surface area contributed by atoms with Gasteiger partial charge in [0.2, 0.25) is 11.8 Å². The molecular weight excluding hydrogens is 382 g/mol. The number of likely N-dealkylation sites (tertiary alicyclic amines) is 1. The van der Waals surface area contributed by atoms with Crippen molar-refractivity contribution in [2.24, 2.45) is 0 Å². The van der Waals surface area contributed by atoms with Crippen LogP contribution < -0.4 is 15.4 Å². The molecule has 1 saturated heterocycles. The molecule has 2 N–H and O–H groups in total. The van der Waals surface area contributed by atoms with Crippen LogP contribution in [0.25, 0.3) is 0 Å². The molecule has 7 nitrogen and oxygen atoms in total. The Morgan fingerprint density at radius 3 is 2.20 bits per heavy atom. The zero-order valence-corrected chi connectivity index (χ0v) is 17.3. The number of hydrogen-bond donors (Lipinski definition) is 2. The number of rotatable bonds is 6. The van der Waals surface area contributed by atoms with E-state index >= 15 is 0 Å². The van der Waals surface area contributed by atoms with Crippen LogP contribution in [0.3, 0.4) is 0 Å². The summed E-state index contributed by atoms with van der Waals surface area (Å²) in [6.07, 6.45) is 1.04. The summed E-state index contributed by atoms with van der Waals surface area (Å²) in [5.41, 5.74) is 0.357. The molecular formula is C23H27N3O4. The van der Waals surface area contributed by atoms with Crippen LogP contribution >= 0.6 is 0 Å². The standard InChI is InChI=1S/C23H27N3O4/c1-24-22(29)23(25-21(28)18-8-10-19(30-2)11-9-18)12-14-26(15-13-23)20(27)16-17-6-4-3-5-7-17/h3-11H,12-16H2,1-2H3,(H,24,29)(H,25,28). The van der Waals surface area contributed by atoms with Gasteiger partial charge in [-0.2, -0.15) is 0 Å². The predicted octanol–water partition coefficient (Wildman–Crippen LogP) is 1.77. The lowest BCUT2D eigenvalue weighted by atomic mass is 9.85. The van der Waals surface area contributed by atoms with E-state index in [9.17, 15) is 14.4 Å². The third-order valence-corrected chi connectivity index (χ3v) is 5.53. The first-order chi connectivity index (χ1) is 14.5. The van der Waals surface area contributed by atoms with Crippen LogP contribution in [-0.2, 0) is 16.0 Å². The average Bonchev–Trinajstić information content (AvgIpc) is 2.79. The van der Waals surface area contributed by atoms with Gasteiger partial charge in [0.05, 0.1) is 13.5 Å². The molecule has 0 aliphatic carbocycles. The molecule has 1 heterocycles. The number of benzene rings is 2. The number of likely N-dealkylation sites (N-methyl/N-ethyl adjacent to an activating group) is 1. The van der Waals surface area contributed by atoms with Gasteiger partial charge in [-0.15, -0.1) is 0 Å². The first-order valence-electron chi connectivity index (χ1n) is 9.98. The van der Waals surface area contributed by atoms with E-state index in [1.807, 2.05) is 30.3 Å². The molecule has 2 aromatic rings. The normalized spacial score (nSPS) is 15.2. The van der Waals surface area contributed by atoms with Crippen LogP contribution in [0.15, 0.2) is 54.6 Å².